The summed E-state index contributed by atoms with van der Waals surface area (Å²) < 4.78 is 0. The zero-order chi connectivity index (χ0) is 15.4. The molecule has 0 atom stereocenters. The first-order chi connectivity index (χ1) is 10.8. The Balaban J connectivity index is 2.18. The van der Waals surface area contributed by atoms with Gasteiger partial charge in [-0.25, -0.2) is 0 Å². The maximum atomic E-state index is 5.64. The minimum atomic E-state index is 1.07. The molecule has 0 bridgehead atoms. The van der Waals surface area contributed by atoms with E-state index in [4.69, 9.17) is 7.74 Å². The van der Waals surface area contributed by atoms with Crippen molar-refractivity contribution in [1.29, 1.82) is 0 Å². The van der Waals surface area contributed by atoms with Crippen LogP contribution in [0, 0.1) is 0 Å². The fourth-order valence-corrected chi connectivity index (χ4v) is 2.56. The summed E-state index contributed by atoms with van der Waals surface area (Å²) in [5, 5.41) is 0. The molecule has 0 heterocycles. The van der Waals surface area contributed by atoms with Crippen LogP contribution in [-0.2, 0) is 0 Å². The molecule has 0 aromatic heterocycles. The maximum Gasteiger partial charge on any atom is 0.183 e. The molecule has 0 amide bonds. The van der Waals surface area contributed by atoms with Crippen molar-refractivity contribution in [3.05, 3.63) is 78.9 Å². The van der Waals surface area contributed by atoms with Crippen molar-refractivity contribution in [2.24, 2.45) is 0 Å². The van der Waals surface area contributed by atoms with Gasteiger partial charge in [0.1, 0.15) is 0 Å². The van der Waals surface area contributed by atoms with E-state index in [1.54, 1.807) is 7.31 Å². The Morgan fingerprint density at radius 3 is 1.82 bits per heavy atom. The van der Waals surface area contributed by atoms with Crippen LogP contribution in [0.3, 0.4) is 0 Å². The highest BCUT2D eigenvalue weighted by atomic mass is 15.0. The molecule has 3 radical (unpaired) electrons. The predicted molar refractivity (Wildman–Crippen MR) is 97.2 cm³/mol. The summed E-state index contributed by atoms with van der Waals surface area (Å²) in [5.74, 6) is 0. The molecule has 0 unspecified atom stereocenters. The molecule has 0 spiro atoms. The normalized spacial score (nSPS) is 10.2. The lowest BCUT2D eigenvalue weighted by Gasteiger charge is -2.20. The second-order valence-electron chi connectivity index (χ2n) is 5.22. The first kappa shape index (κ1) is 14.5. The van der Waals surface area contributed by atoms with Crippen molar-refractivity contribution in [1.82, 2.24) is 0 Å². The van der Waals surface area contributed by atoms with E-state index in [9.17, 15) is 0 Å². The summed E-state index contributed by atoms with van der Waals surface area (Å²) in [6.45, 7) is 0. The van der Waals surface area contributed by atoms with Crippen LogP contribution in [0.25, 0.3) is 22.3 Å². The van der Waals surface area contributed by atoms with Gasteiger partial charge in [-0.15, -0.1) is 0 Å². The molecular weight excluding hydrogens is 264 g/mol. The molecule has 0 aliphatic heterocycles. The third-order valence-corrected chi connectivity index (χ3v) is 3.80. The summed E-state index contributed by atoms with van der Waals surface area (Å²) in [5.41, 5.74) is 5.92. The Hall–Kier alpha value is -2.41. The Bertz CT molecular complexity index is 742. The lowest BCUT2D eigenvalue weighted by molar-refractivity contribution is 1.34. The van der Waals surface area contributed by atoms with Crippen LogP contribution in [0.15, 0.2) is 78.9 Å². The van der Waals surface area contributed by atoms with Gasteiger partial charge in [0.05, 0.1) is 0 Å². The average Bonchev–Trinajstić information content (AvgIpc) is 2.62. The van der Waals surface area contributed by atoms with Crippen molar-refractivity contribution in [2.45, 2.75) is 0 Å². The molecule has 0 saturated heterocycles. The van der Waals surface area contributed by atoms with Gasteiger partial charge in [-0.1, -0.05) is 66.7 Å². The van der Waals surface area contributed by atoms with Crippen LogP contribution in [0.4, 0.5) is 5.69 Å². The number of benzene rings is 3. The molecule has 1 nitrogen and oxygen atoms in total. The van der Waals surface area contributed by atoms with E-state index in [2.05, 4.69) is 66.7 Å². The number of hydrogen-bond donors (Lipinski definition) is 0. The van der Waals surface area contributed by atoms with Gasteiger partial charge in [0, 0.05) is 13.4 Å². The van der Waals surface area contributed by atoms with Crippen LogP contribution in [0.5, 0.6) is 0 Å². The second-order valence-corrected chi connectivity index (χ2v) is 5.22. The van der Waals surface area contributed by atoms with Gasteiger partial charge in [-0.2, -0.15) is 0 Å². The van der Waals surface area contributed by atoms with Crippen molar-refractivity contribution in [3.63, 3.8) is 0 Å². The summed E-state index contributed by atoms with van der Waals surface area (Å²) in [4.78, 5) is 1.92. The maximum absolute atomic E-state index is 5.64. The number of nitrogens with zero attached hydrogens (tertiary/aromatic N) is 1. The molecule has 103 valence electrons. The second kappa shape index (κ2) is 6.57. The molecule has 3 heteroatoms. The Morgan fingerprint density at radius 2 is 1.27 bits per heavy atom. The highest BCUT2D eigenvalue weighted by Gasteiger charge is 2.09. The average molecular weight is 280 g/mol. The first-order valence-electron chi connectivity index (χ1n) is 7.32. The lowest BCUT2D eigenvalue weighted by Crippen LogP contribution is -2.22. The largest absolute Gasteiger partial charge is 0.431 e. The Labute approximate surface area is 134 Å². The van der Waals surface area contributed by atoms with Crippen molar-refractivity contribution >= 4 is 20.7 Å². The molecular formula is C19H16B2N. The fourth-order valence-electron chi connectivity index (χ4n) is 2.56. The summed E-state index contributed by atoms with van der Waals surface area (Å²) in [7, 11) is 9.17. The minimum absolute atomic E-state index is 1.07. The third-order valence-electron chi connectivity index (χ3n) is 3.80. The zero-order valence-electron chi connectivity index (χ0n) is 12.6. The van der Waals surface area contributed by atoms with Gasteiger partial charge in [0.15, 0.2) is 7.31 Å². The standard InChI is InChI=1S/C19H16B2N/c1-22(21-20)17-12-13-18(15-8-4-2-5-9-15)19(14-17)16-10-6-3-7-11-16/h2-14H,1H3. The Kier molecular flexibility index (Phi) is 4.34. The summed E-state index contributed by atoms with van der Waals surface area (Å²) in [6, 6.07) is 27.3. The quantitative estimate of drug-likeness (QED) is 0.648. The van der Waals surface area contributed by atoms with Gasteiger partial charge in [-0.05, 0) is 41.4 Å². The molecule has 22 heavy (non-hydrogen) atoms. The van der Waals surface area contributed by atoms with Gasteiger partial charge in [0.25, 0.3) is 0 Å². The third kappa shape index (κ3) is 2.94. The van der Waals surface area contributed by atoms with E-state index in [-0.39, 0.29) is 0 Å². The molecule has 0 N–H and O–H groups in total. The van der Waals surface area contributed by atoms with Gasteiger partial charge in [-0.3, -0.25) is 0 Å². The summed E-state index contributed by atoms with van der Waals surface area (Å²) in [6.07, 6.45) is 0. The number of hydrogen-bond acceptors (Lipinski definition) is 1. The summed E-state index contributed by atoms with van der Waals surface area (Å²) >= 11 is 0. The zero-order valence-corrected chi connectivity index (χ0v) is 12.6. The van der Waals surface area contributed by atoms with Crippen LogP contribution in [-0.4, -0.2) is 22.1 Å². The van der Waals surface area contributed by atoms with Gasteiger partial charge >= 0.3 is 0 Å². The van der Waals surface area contributed by atoms with E-state index in [0.717, 1.165) is 5.69 Å². The van der Waals surface area contributed by atoms with E-state index < -0.39 is 0 Å². The number of anilines is 1. The molecule has 0 aliphatic rings. The first-order valence-corrected chi connectivity index (χ1v) is 7.32. The molecule has 3 aromatic rings. The van der Waals surface area contributed by atoms with Crippen LogP contribution < -0.4 is 4.81 Å². The Morgan fingerprint density at radius 1 is 0.727 bits per heavy atom. The topological polar surface area (TPSA) is 3.24 Å². The predicted octanol–water partition coefficient (Wildman–Crippen LogP) is 4.16. The van der Waals surface area contributed by atoms with Crippen LogP contribution in [0.1, 0.15) is 0 Å². The van der Waals surface area contributed by atoms with Crippen molar-refractivity contribution in [3.8, 4) is 22.3 Å². The molecule has 0 saturated carbocycles. The van der Waals surface area contributed by atoms with E-state index in [1.165, 1.54) is 22.3 Å². The molecule has 0 aliphatic carbocycles. The van der Waals surface area contributed by atoms with E-state index in [0.29, 0.717) is 0 Å². The fraction of sp³-hybridized carbons (Fsp3) is 0.0526. The van der Waals surface area contributed by atoms with E-state index >= 15 is 0 Å². The van der Waals surface area contributed by atoms with Crippen LogP contribution >= 0.6 is 0 Å². The van der Waals surface area contributed by atoms with Crippen molar-refractivity contribution in [2.75, 3.05) is 11.9 Å². The molecule has 3 aromatic carbocycles. The number of rotatable bonds is 4. The molecule has 0 fully saturated rings. The van der Waals surface area contributed by atoms with Crippen LogP contribution in [0.2, 0.25) is 0 Å². The van der Waals surface area contributed by atoms with Crippen molar-refractivity contribution < 1.29 is 0 Å². The SMILES string of the molecule is [B][B]N(C)c1ccc(-c2ccccc2)c(-c2ccccc2)c1. The minimum Gasteiger partial charge on any atom is -0.431 e. The molecule has 3 rings (SSSR count). The van der Waals surface area contributed by atoms with E-state index in [1.807, 2.05) is 24.0 Å². The van der Waals surface area contributed by atoms with Gasteiger partial charge < -0.3 is 4.81 Å². The van der Waals surface area contributed by atoms with Gasteiger partial charge in [0.2, 0.25) is 0 Å². The highest BCUT2D eigenvalue weighted by molar-refractivity contribution is 6.91. The highest BCUT2D eigenvalue weighted by Crippen LogP contribution is 2.34. The lowest BCUT2D eigenvalue weighted by atomic mass is 9.65. The smallest absolute Gasteiger partial charge is 0.183 e. The monoisotopic (exact) mass is 280 g/mol.